The first-order chi connectivity index (χ1) is 8.18. The van der Waals surface area contributed by atoms with E-state index in [1.807, 2.05) is 12.1 Å². The van der Waals surface area contributed by atoms with Gasteiger partial charge in [-0.3, -0.25) is 0 Å². The zero-order valence-corrected chi connectivity index (χ0v) is 9.98. The van der Waals surface area contributed by atoms with E-state index in [1.54, 1.807) is 12.3 Å². The fourth-order valence-electron chi connectivity index (χ4n) is 2.39. The van der Waals surface area contributed by atoms with Crippen molar-refractivity contribution >= 4 is 5.82 Å². The molecule has 2 N–H and O–H groups in total. The number of anilines is 1. The van der Waals surface area contributed by atoms with Gasteiger partial charge in [0.15, 0.2) is 0 Å². The molecule has 17 heavy (non-hydrogen) atoms. The summed E-state index contributed by atoms with van der Waals surface area (Å²) in [6.07, 6.45) is 4.79. The Hall–Kier alpha value is -1.60. The van der Waals surface area contributed by atoms with Crippen molar-refractivity contribution in [1.29, 1.82) is 5.26 Å². The Labute approximate surface area is 101 Å². The van der Waals surface area contributed by atoms with Gasteiger partial charge in [-0.1, -0.05) is 13.3 Å². The SMILES string of the molecule is C[C@]1(CO)CCC[C@H]1Nc1ccc(C#N)cn1. The van der Waals surface area contributed by atoms with Gasteiger partial charge in [0, 0.05) is 17.7 Å². The molecule has 0 amide bonds. The topological polar surface area (TPSA) is 68.9 Å². The van der Waals surface area contributed by atoms with Crippen LogP contribution in [0.2, 0.25) is 0 Å². The molecule has 2 atom stereocenters. The highest BCUT2D eigenvalue weighted by atomic mass is 16.3. The Kier molecular flexibility index (Phi) is 3.30. The summed E-state index contributed by atoms with van der Waals surface area (Å²) in [6, 6.07) is 5.87. The minimum absolute atomic E-state index is 0.0599. The number of pyridine rings is 1. The van der Waals surface area contributed by atoms with E-state index in [0.717, 1.165) is 25.1 Å². The monoisotopic (exact) mass is 231 g/mol. The second-order valence-electron chi connectivity index (χ2n) is 4.95. The lowest BCUT2D eigenvalue weighted by Crippen LogP contribution is -2.36. The maximum atomic E-state index is 9.45. The summed E-state index contributed by atoms with van der Waals surface area (Å²) >= 11 is 0. The van der Waals surface area contributed by atoms with Crippen LogP contribution in [0.4, 0.5) is 5.82 Å². The molecular weight excluding hydrogens is 214 g/mol. The molecule has 0 saturated heterocycles. The molecule has 1 aromatic rings. The van der Waals surface area contributed by atoms with Gasteiger partial charge in [0.05, 0.1) is 12.2 Å². The number of rotatable bonds is 3. The van der Waals surface area contributed by atoms with E-state index in [4.69, 9.17) is 5.26 Å². The Balaban J connectivity index is 2.08. The lowest BCUT2D eigenvalue weighted by Gasteiger charge is -2.30. The first-order valence-corrected chi connectivity index (χ1v) is 5.91. The molecule has 1 aliphatic rings. The van der Waals surface area contributed by atoms with E-state index in [9.17, 15) is 5.11 Å². The van der Waals surface area contributed by atoms with Crippen LogP contribution >= 0.6 is 0 Å². The first kappa shape index (κ1) is 11.9. The second-order valence-corrected chi connectivity index (χ2v) is 4.95. The average molecular weight is 231 g/mol. The number of hydrogen-bond acceptors (Lipinski definition) is 4. The van der Waals surface area contributed by atoms with E-state index < -0.39 is 0 Å². The van der Waals surface area contributed by atoms with Crippen LogP contribution in [0.5, 0.6) is 0 Å². The van der Waals surface area contributed by atoms with Gasteiger partial charge < -0.3 is 10.4 Å². The Morgan fingerprint density at radius 2 is 2.47 bits per heavy atom. The third-order valence-corrected chi connectivity index (χ3v) is 3.66. The van der Waals surface area contributed by atoms with Crippen molar-refractivity contribution < 1.29 is 5.11 Å². The third kappa shape index (κ3) is 2.40. The van der Waals surface area contributed by atoms with E-state index in [2.05, 4.69) is 17.2 Å². The number of aliphatic hydroxyl groups excluding tert-OH is 1. The van der Waals surface area contributed by atoms with Gasteiger partial charge in [-0.2, -0.15) is 5.26 Å². The molecule has 1 heterocycles. The molecule has 0 bridgehead atoms. The number of hydrogen-bond donors (Lipinski definition) is 2. The van der Waals surface area contributed by atoms with Crippen LogP contribution in [-0.4, -0.2) is 22.7 Å². The van der Waals surface area contributed by atoms with E-state index in [0.29, 0.717) is 5.56 Å². The van der Waals surface area contributed by atoms with Crippen molar-refractivity contribution in [3.63, 3.8) is 0 Å². The summed E-state index contributed by atoms with van der Waals surface area (Å²) in [7, 11) is 0. The van der Waals surface area contributed by atoms with Crippen molar-refractivity contribution in [1.82, 2.24) is 4.98 Å². The molecule has 4 heteroatoms. The van der Waals surface area contributed by atoms with Crippen LogP contribution in [0.1, 0.15) is 31.7 Å². The van der Waals surface area contributed by atoms with Crippen LogP contribution in [0.25, 0.3) is 0 Å². The van der Waals surface area contributed by atoms with E-state index in [-0.39, 0.29) is 18.1 Å². The Bertz CT molecular complexity index is 423. The molecule has 1 fully saturated rings. The van der Waals surface area contributed by atoms with Gasteiger partial charge in [0.1, 0.15) is 11.9 Å². The minimum Gasteiger partial charge on any atom is -0.396 e. The highest BCUT2D eigenvalue weighted by Gasteiger charge is 2.38. The van der Waals surface area contributed by atoms with Crippen LogP contribution in [-0.2, 0) is 0 Å². The van der Waals surface area contributed by atoms with Crippen molar-refractivity contribution in [2.75, 3.05) is 11.9 Å². The lowest BCUT2D eigenvalue weighted by atomic mass is 9.86. The molecule has 0 spiro atoms. The van der Waals surface area contributed by atoms with Gasteiger partial charge in [-0.25, -0.2) is 4.98 Å². The fraction of sp³-hybridized carbons (Fsp3) is 0.538. The van der Waals surface area contributed by atoms with Gasteiger partial charge in [-0.15, -0.1) is 0 Å². The van der Waals surface area contributed by atoms with Crippen LogP contribution < -0.4 is 5.32 Å². The second kappa shape index (κ2) is 4.72. The van der Waals surface area contributed by atoms with Gasteiger partial charge in [-0.05, 0) is 25.0 Å². The maximum absolute atomic E-state index is 9.45. The summed E-state index contributed by atoms with van der Waals surface area (Å²) < 4.78 is 0. The first-order valence-electron chi connectivity index (χ1n) is 5.91. The smallest absolute Gasteiger partial charge is 0.126 e. The van der Waals surface area contributed by atoms with Crippen LogP contribution in [0.15, 0.2) is 18.3 Å². The molecule has 1 saturated carbocycles. The highest BCUT2D eigenvalue weighted by Crippen LogP contribution is 2.38. The minimum atomic E-state index is -0.0599. The Morgan fingerprint density at radius 3 is 3.06 bits per heavy atom. The van der Waals surface area contributed by atoms with E-state index in [1.165, 1.54) is 0 Å². The van der Waals surface area contributed by atoms with Gasteiger partial charge >= 0.3 is 0 Å². The third-order valence-electron chi connectivity index (χ3n) is 3.66. The Morgan fingerprint density at radius 1 is 1.65 bits per heavy atom. The molecule has 0 aromatic carbocycles. The predicted molar refractivity (Wildman–Crippen MR) is 65.4 cm³/mol. The molecule has 0 unspecified atom stereocenters. The van der Waals surface area contributed by atoms with Crippen LogP contribution in [0, 0.1) is 16.7 Å². The van der Waals surface area contributed by atoms with Crippen molar-refractivity contribution in [2.45, 2.75) is 32.2 Å². The molecule has 1 aromatic heterocycles. The summed E-state index contributed by atoms with van der Waals surface area (Å²) in [4.78, 5) is 4.20. The normalized spacial score (nSPS) is 27.7. The number of nitrogens with one attached hydrogen (secondary N) is 1. The number of nitriles is 1. The molecule has 90 valence electrons. The van der Waals surface area contributed by atoms with Crippen molar-refractivity contribution in [3.8, 4) is 6.07 Å². The van der Waals surface area contributed by atoms with Crippen LogP contribution in [0.3, 0.4) is 0 Å². The largest absolute Gasteiger partial charge is 0.396 e. The van der Waals surface area contributed by atoms with Crippen molar-refractivity contribution in [2.24, 2.45) is 5.41 Å². The quantitative estimate of drug-likeness (QED) is 0.833. The standard InChI is InChI=1S/C13H17N3O/c1-13(9-17)6-2-3-11(13)16-12-5-4-10(7-14)8-15-12/h4-5,8,11,17H,2-3,6,9H2,1H3,(H,15,16)/t11-,13-/m1/s1. The van der Waals surface area contributed by atoms with E-state index >= 15 is 0 Å². The van der Waals surface area contributed by atoms with Gasteiger partial charge in [0.2, 0.25) is 0 Å². The average Bonchev–Trinajstić information content (AvgIpc) is 2.73. The van der Waals surface area contributed by atoms with Gasteiger partial charge in [0.25, 0.3) is 0 Å². The molecule has 1 aliphatic carbocycles. The predicted octanol–water partition coefficient (Wildman–Crippen LogP) is 1.92. The zero-order chi connectivity index (χ0) is 12.3. The molecule has 2 rings (SSSR count). The molecule has 4 nitrogen and oxygen atoms in total. The summed E-state index contributed by atoms with van der Waals surface area (Å²) in [5.41, 5.74) is 0.502. The summed E-state index contributed by atoms with van der Waals surface area (Å²) in [5, 5.41) is 21.5. The number of aromatic nitrogens is 1. The molecular formula is C13H17N3O. The zero-order valence-electron chi connectivity index (χ0n) is 9.98. The molecule has 0 radical (unpaired) electrons. The highest BCUT2D eigenvalue weighted by molar-refractivity contribution is 5.40. The number of aliphatic hydroxyl groups is 1. The molecule has 0 aliphatic heterocycles. The summed E-state index contributed by atoms with van der Waals surface area (Å²) in [5.74, 6) is 0.774. The maximum Gasteiger partial charge on any atom is 0.126 e. The lowest BCUT2D eigenvalue weighted by molar-refractivity contribution is 0.139. The number of nitrogens with zero attached hydrogens (tertiary/aromatic N) is 2. The van der Waals surface area contributed by atoms with Crippen molar-refractivity contribution in [3.05, 3.63) is 23.9 Å². The fourth-order valence-corrected chi connectivity index (χ4v) is 2.39. The summed E-state index contributed by atoms with van der Waals surface area (Å²) in [6.45, 7) is 2.29.